The Hall–Kier alpha value is 1.40. The predicted molar refractivity (Wildman–Crippen MR) is 56.2 cm³/mol. The summed E-state index contributed by atoms with van der Waals surface area (Å²) in [5, 5.41) is 0. The normalized spacial score (nSPS) is 14.1. The van der Waals surface area contributed by atoms with E-state index in [-0.39, 0.29) is 50.0 Å². The fourth-order valence-corrected chi connectivity index (χ4v) is 1.16. The van der Waals surface area contributed by atoms with Gasteiger partial charge in [0.25, 0.3) is 0 Å². The van der Waals surface area contributed by atoms with E-state index in [1.54, 1.807) is 0 Å². The molecule has 2 unspecified atom stereocenters. The summed E-state index contributed by atoms with van der Waals surface area (Å²) in [6.45, 7) is 0. The minimum absolute atomic E-state index is 0. The maximum atomic E-state index is 10.0. The van der Waals surface area contributed by atoms with Gasteiger partial charge in [0.15, 0.2) is 0 Å². The molecule has 0 fully saturated rings. The topological polar surface area (TPSA) is 180 Å². The molecule has 82 valence electrons. The summed E-state index contributed by atoms with van der Waals surface area (Å²) >= 11 is -8.25. The third-order valence-electron chi connectivity index (χ3n) is 0.228. The molecular weight excluding hydrogens is 250 g/mol. The van der Waals surface area contributed by atoms with Crippen molar-refractivity contribution < 1.29 is 29.0 Å². The van der Waals surface area contributed by atoms with Crippen molar-refractivity contribution in [3.63, 3.8) is 0 Å². The monoisotopic (exact) mass is 260 g/mol. The van der Waals surface area contributed by atoms with Crippen molar-refractivity contribution in [2.75, 3.05) is 0 Å². The molecule has 14 heteroatoms. The molecule has 2 atom stereocenters. The quantitative estimate of drug-likeness (QED) is 0.325. The van der Waals surface area contributed by atoms with Gasteiger partial charge in [-0.15, -0.1) is 7.26 Å². The second-order valence-corrected chi connectivity index (χ2v) is 3.14. The van der Waals surface area contributed by atoms with Crippen LogP contribution in [0.15, 0.2) is 0 Å². The average molecular weight is 260 g/mol. The molecule has 0 aliphatic heterocycles. The molecule has 0 bridgehead atoms. The second-order valence-electron chi connectivity index (χ2n) is 0.774. The van der Waals surface area contributed by atoms with Crippen LogP contribution < -0.4 is 12.3 Å². The van der Waals surface area contributed by atoms with Gasteiger partial charge < -0.3 is 12.3 Å². The van der Waals surface area contributed by atoms with E-state index in [1.165, 1.54) is 0 Å². The van der Waals surface area contributed by atoms with Gasteiger partial charge in [-0.05, 0) is 0 Å². The van der Waals surface area contributed by atoms with E-state index in [2.05, 4.69) is 7.26 Å². The van der Waals surface area contributed by atoms with Crippen LogP contribution >= 0.6 is 0 Å². The summed E-state index contributed by atoms with van der Waals surface area (Å²) in [5.74, 6) is 0. The molecule has 8 N–H and O–H groups in total. The standard InChI is InChI=1S/2Li.2H3N.H2O7S3.2H/c;;;;1-8(2)6-10(5)7-9(3)4;;/h;;2*1H3;(H,1,2)(H,3,4);;. The fraction of sp³-hybridized carbons (Fsp3) is 0. The van der Waals surface area contributed by atoms with Crippen molar-refractivity contribution >= 4 is 71.8 Å². The Balaban J connectivity index is -0.0000000675. The van der Waals surface area contributed by atoms with E-state index in [0.717, 1.165) is 0 Å². The van der Waals surface area contributed by atoms with Crippen molar-refractivity contribution in [1.29, 1.82) is 0 Å². The minimum atomic E-state index is -2.78. The van der Waals surface area contributed by atoms with E-state index in [4.69, 9.17) is 9.11 Å². The average Bonchev–Trinajstić information content (AvgIpc) is 1.58. The Bertz CT molecular complexity index is 168. The van der Waals surface area contributed by atoms with Crippen LogP contribution in [0.5, 0.6) is 0 Å². The van der Waals surface area contributed by atoms with Gasteiger partial charge in [-0.1, -0.05) is 0 Å². The molecule has 0 radical (unpaired) electrons. The molecule has 9 nitrogen and oxygen atoms in total. The summed E-state index contributed by atoms with van der Waals surface area (Å²) in [7, 11) is 0. The zero-order valence-electron chi connectivity index (χ0n) is 5.57. The summed E-state index contributed by atoms with van der Waals surface area (Å²) in [5.41, 5.74) is 0. The molecule has 0 aromatic rings. The molecule has 0 saturated heterocycles. The number of hydrogen-bond acceptors (Lipinski definition) is 7. The number of hydrogen-bond donors (Lipinski definition) is 4. The van der Waals surface area contributed by atoms with Gasteiger partial charge in [0.2, 0.25) is 0 Å². The summed E-state index contributed by atoms with van der Waals surface area (Å²) in [6, 6.07) is 0. The number of rotatable bonds is 4. The van der Waals surface area contributed by atoms with Gasteiger partial charge in [0, 0.05) is 0 Å². The van der Waals surface area contributed by atoms with E-state index < -0.39 is 34.1 Å². The van der Waals surface area contributed by atoms with Crippen LogP contribution in [0.4, 0.5) is 0 Å². The van der Waals surface area contributed by atoms with Crippen molar-refractivity contribution in [3.8, 4) is 0 Å². The van der Waals surface area contributed by atoms with Crippen LogP contribution in [0.3, 0.4) is 0 Å². The van der Waals surface area contributed by atoms with E-state index in [1.807, 2.05) is 0 Å². The maximum absolute atomic E-state index is 10.0. The van der Waals surface area contributed by atoms with Gasteiger partial charge in [-0.3, -0.25) is 9.11 Å². The van der Waals surface area contributed by atoms with E-state index >= 15 is 0 Å². The van der Waals surface area contributed by atoms with E-state index in [0.29, 0.717) is 0 Å². The molecule has 0 rings (SSSR count). The Labute approximate surface area is 112 Å². The van der Waals surface area contributed by atoms with Crippen LogP contribution in [-0.4, -0.2) is 59.5 Å². The Morgan fingerprint density at radius 2 is 1.00 bits per heavy atom. The van der Waals surface area contributed by atoms with Crippen molar-refractivity contribution in [3.05, 3.63) is 0 Å². The molecule has 0 amide bonds. The third-order valence-corrected chi connectivity index (χ3v) is 2.05. The predicted octanol–water partition coefficient (Wildman–Crippen LogP) is -2.10. The molecular formula is H10Li2N2O7S3. The first-order chi connectivity index (χ1) is 4.52. The first-order valence-electron chi connectivity index (χ1n) is 1.53. The molecule has 0 heterocycles. The second kappa shape index (κ2) is 16.8. The van der Waals surface area contributed by atoms with Crippen LogP contribution in [0.1, 0.15) is 0 Å². The molecule has 0 aliphatic rings. The molecule has 0 aromatic carbocycles. The Morgan fingerprint density at radius 1 is 0.786 bits per heavy atom. The zero-order valence-corrected chi connectivity index (χ0v) is 8.02. The molecule has 0 saturated carbocycles. The van der Waals surface area contributed by atoms with Crippen molar-refractivity contribution in [1.82, 2.24) is 12.3 Å². The first kappa shape index (κ1) is 29.5. The molecule has 14 heavy (non-hydrogen) atoms. The van der Waals surface area contributed by atoms with Crippen molar-refractivity contribution in [2.45, 2.75) is 0 Å². The van der Waals surface area contributed by atoms with Crippen LogP contribution in [0.25, 0.3) is 0 Å². The fourth-order valence-electron chi connectivity index (χ4n) is 0.106. The van der Waals surface area contributed by atoms with Crippen molar-refractivity contribution in [2.24, 2.45) is 0 Å². The Morgan fingerprint density at radius 3 is 1.14 bits per heavy atom. The summed E-state index contributed by atoms with van der Waals surface area (Å²) in [6.07, 6.45) is 0. The third kappa shape index (κ3) is 23.3. The van der Waals surface area contributed by atoms with Gasteiger partial charge in [0.1, 0.15) is 0 Å². The van der Waals surface area contributed by atoms with Gasteiger partial charge in [-0.25, -0.2) is 0 Å². The van der Waals surface area contributed by atoms with Crippen LogP contribution in [0, 0.1) is 0 Å². The van der Waals surface area contributed by atoms with E-state index in [9.17, 15) is 12.6 Å². The van der Waals surface area contributed by atoms with Gasteiger partial charge in [-0.2, -0.15) is 12.6 Å². The van der Waals surface area contributed by atoms with Gasteiger partial charge in [0.05, 0.1) is 0 Å². The SMILES string of the molecule is N.N.O=S(O)OS(=O)OS(=O)O.[LiH].[LiH]. The van der Waals surface area contributed by atoms with Gasteiger partial charge >= 0.3 is 71.8 Å². The summed E-state index contributed by atoms with van der Waals surface area (Å²) < 4.78 is 51.9. The molecule has 0 aliphatic carbocycles. The molecule has 0 aromatic heterocycles. The van der Waals surface area contributed by atoms with Crippen LogP contribution in [-0.2, 0) is 41.3 Å². The molecule has 0 spiro atoms. The summed E-state index contributed by atoms with van der Waals surface area (Å²) in [4.78, 5) is 0. The first-order valence-corrected chi connectivity index (χ1v) is 4.60. The van der Waals surface area contributed by atoms with Crippen LogP contribution in [0.2, 0.25) is 0 Å². The zero-order chi connectivity index (χ0) is 8.15. The Kier molecular flexibility index (Phi) is 35.5.